The first-order valence-corrected chi connectivity index (χ1v) is 7.53. The summed E-state index contributed by atoms with van der Waals surface area (Å²) in [4.78, 5) is 23.9. The van der Waals surface area contributed by atoms with E-state index in [1.165, 1.54) is 5.56 Å². The van der Waals surface area contributed by atoms with Crippen LogP contribution in [0.4, 0.5) is 0 Å². The lowest BCUT2D eigenvalue weighted by atomic mass is 9.95. The summed E-state index contributed by atoms with van der Waals surface area (Å²) in [5, 5.41) is 15.2. The van der Waals surface area contributed by atoms with Gasteiger partial charge in [-0.3, -0.25) is 4.79 Å². The standard InChI is InChI=1S/C18H18N2O3/c21-17(15-10-13-8-4-5-9-14(13)11-19-15)20-16(18(22)23)12-6-2-1-3-7-12/h1-9,15-16,19H,10-11H2,(H,20,21)(H,22,23). The molecule has 1 heterocycles. The van der Waals surface area contributed by atoms with Gasteiger partial charge in [-0.15, -0.1) is 0 Å². The Hall–Kier alpha value is -2.66. The number of carboxylic acid groups (broad SMARTS) is 1. The Balaban J connectivity index is 1.72. The summed E-state index contributed by atoms with van der Waals surface area (Å²) in [6.07, 6.45) is 0.559. The van der Waals surface area contributed by atoms with Crippen molar-refractivity contribution < 1.29 is 14.7 Å². The molecule has 1 amide bonds. The van der Waals surface area contributed by atoms with Crippen molar-refractivity contribution in [1.29, 1.82) is 0 Å². The van der Waals surface area contributed by atoms with Crippen LogP contribution in [0.15, 0.2) is 54.6 Å². The second-order valence-corrected chi connectivity index (χ2v) is 5.60. The van der Waals surface area contributed by atoms with E-state index in [1.54, 1.807) is 24.3 Å². The number of carbonyl (C=O) groups excluding carboxylic acids is 1. The highest BCUT2D eigenvalue weighted by Gasteiger charge is 2.28. The van der Waals surface area contributed by atoms with E-state index in [0.717, 1.165) is 5.56 Å². The van der Waals surface area contributed by atoms with Crippen LogP contribution in [0.3, 0.4) is 0 Å². The predicted octanol–water partition coefficient (Wildman–Crippen LogP) is 1.64. The fourth-order valence-electron chi connectivity index (χ4n) is 2.82. The Kier molecular flexibility index (Phi) is 4.39. The first-order chi connectivity index (χ1) is 11.1. The summed E-state index contributed by atoms with van der Waals surface area (Å²) in [5.41, 5.74) is 2.86. The Morgan fingerprint density at radius 3 is 2.39 bits per heavy atom. The molecule has 23 heavy (non-hydrogen) atoms. The monoisotopic (exact) mass is 310 g/mol. The van der Waals surface area contributed by atoms with Gasteiger partial charge in [0.1, 0.15) is 0 Å². The van der Waals surface area contributed by atoms with Crippen molar-refractivity contribution in [3.63, 3.8) is 0 Å². The van der Waals surface area contributed by atoms with Crippen LogP contribution in [0, 0.1) is 0 Å². The Bertz CT molecular complexity index is 715. The van der Waals surface area contributed by atoms with Gasteiger partial charge in [-0.1, -0.05) is 54.6 Å². The van der Waals surface area contributed by atoms with Gasteiger partial charge in [0.25, 0.3) is 0 Å². The SMILES string of the molecule is O=C(NC(C(=O)O)c1ccccc1)C1Cc2ccccc2CN1. The predicted molar refractivity (Wildman–Crippen MR) is 85.7 cm³/mol. The highest BCUT2D eigenvalue weighted by atomic mass is 16.4. The number of rotatable bonds is 4. The molecule has 3 rings (SSSR count). The Labute approximate surface area is 134 Å². The molecule has 2 unspecified atom stereocenters. The molecular weight excluding hydrogens is 292 g/mol. The van der Waals surface area contributed by atoms with Crippen LogP contribution in [0.2, 0.25) is 0 Å². The Morgan fingerprint density at radius 1 is 1.04 bits per heavy atom. The number of carboxylic acids is 1. The van der Waals surface area contributed by atoms with Crippen molar-refractivity contribution in [3.8, 4) is 0 Å². The van der Waals surface area contributed by atoms with Gasteiger partial charge >= 0.3 is 5.97 Å². The van der Waals surface area contributed by atoms with Crippen molar-refractivity contribution in [3.05, 3.63) is 71.3 Å². The van der Waals surface area contributed by atoms with Gasteiger partial charge in [0, 0.05) is 6.54 Å². The summed E-state index contributed by atoms with van der Waals surface area (Å²) >= 11 is 0. The molecule has 1 aliphatic rings. The normalized spacial score (nSPS) is 17.8. The van der Waals surface area contributed by atoms with Crippen LogP contribution in [0.1, 0.15) is 22.7 Å². The van der Waals surface area contributed by atoms with Gasteiger partial charge in [0.05, 0.1) is 6.04 Å². The molecule has 0 aliphatic carbocycles. The van der Waals surface area contributed by atoms with Crippen molar-refractivity contribution in [2.24, 2.45) is 0 Å². The molecule has 0 fully saturated rings. The van der Waals surface area contributed by atoms with Crippen LogP contribution in [-0.2, 0) is 22.6 Å². The average molecular weight is 310 g/mol. The molecule has 2 atom stereocenters. The van der Waals surface area contributed by atoms with Crippen LogP contribution in [0.5, 0.6) is 0 Å². The minimum atomic E-state index is -1.07. The number of benzene rings is 2. The van der Waals surface area contributed by atoms with E-state index >= 15 is 0 Å². The summed E-state index contributed by atoms with van der Waals surface area (Å²) < 4.78 is 0. The molecule has 2 aromatic rings. The molecule has 0 saturated carbocycles. The molecule has 5 heteroatoms. The van der Waals surface area contributed by atoms with Crippen LogP contribution >= 0.6 is 0 Å². The third kappa shape index (κ3) is 3.40. The van der Waals surface area contributed by atoms with Crippen molar-refractivity contribution in [2.45, 2.75) is 25.0 Å². The van der Waals surface area contributed by atoms with E-state index in [9.17, 15) is 14.7 Å². The molecule has 0 aromatic heterocycles. The number of hydrogen-bond donors (Lipinski definition) is 3. The van der Waals surface area contributed by atoms with E-state index in [-0.39, 0.29) is 5.91 Å². The highest BCUT2D eigenvalue weighted by molar-refractivity contribution is 5.88. The van der Waals surface area contributed by atoms with Crippen molar-refractivity contribution in [1.82, 2.24) is 10.6 Å². The van der Waals surface area contributed by atoms with E-state index in [4.69, 9.17) is 0 Å². The summed E-state index contributed by atoms with van der Waals surface area (Å²) in [6.45, 7) is 0.608. The van der Waals surface area contributed by atoms with Crippen molar-refractivity contribution >= 4 is 11.9 Å². The van der Waals surface area contributed by atoms with Crippen LogP contribution in [-0.4, -0.2) is 23.0 Å². The molecule has 0 saturated heterocycles. The summed E-state index contributed by atoms with van der Waals surface area (Å²) in [6, 6.07) is 15.2. The fourth-order valence-corrected chi connectivity index (χ4v) is 2.82. The number of nitrogens with one attached hydrogen (secondary N) is 2. The smallest absolute Gasteiger partial charge is 0.330 e. The second-order valence-electron chi connectivity index (χ2n) is 5.60. The average Bonchev–Trinajstić information content (AvgIpc) is 2.59. The zero-order valence-electron chi connectivity index (χ0n) is 12.5. The number of amides is 1. The quantitative estimate of drug-likeness (QED) is 0.802. The van der Waals surface area contributed by atoms with Gasteiger partial charge in [0.2, 0.25) is 5.91 Å². The van der Waals surface area contributed by atoms with Gasteiger partial charge < -0.3 is 15.7 Å². The largest absolute Gasteiger partial charge is 0.479 e. The topological polar surface area (TPSA) is 78.4 Å². The first-order valence-electron chi connectivity index (χ1n) is 7.53. The van der Waals surface area contributed by atoms with E-state index in [0.29, 0.717) is 18.5 Å². The molecule has 2 aromatic carbocycles. The number of carbonyl (C=O) groups is 2. The third-order valence-corrected chi connectivity index (χ3v) is 4.06. The van der Waals surface area contributed by atoms with Gasteiger partial charge in [-0.25, -0.2) is 4.79 Å². The van der Waals surface area contributed by atoms with Crippen LogP contribution < -0.4 is 10.6 Å². The maximum atomic E-state index is 12.5. The lowest BCUT2D eigenvalue weighted by molar-refractivity contribution is -0.142. The first kappa shape index (κ1) is 15.2. The van der Waals surface area contributed by atoms with E-state index in [1.807, 2.05) is 30.3 Å². The maximum absolute atomic E-state index is 12.5. The number of fused-ring (bicyclic) bond motifs is 1. The molecular formula is C18H18N2O3. The molecule has 0 bridgehead atoms. The molecule has 1 aliphatic heterocycles. The van der Waals surface area contributed by atoms with E-state index < -0.39 is 18.1 Å². The molecule has 0 radical (unpaired) electrons. The van der Waals surface area contributed by atoms with Crippen molar-refractivity contribution in [2.75, 3.05) is 0 Å². The second kappa shape index (κ2) is 6.62. The number of aliphatic carboxylic acids is 1. The zero-order chi connectivity index (χ0) is 16.2. The summed E-state index contributed by atoms with van der Waals surface area (Å²) in [5.74, 6) is -1.36. The van der Waals surface area contributed by atoms with Gasteiger partial charge in [0.15, 0.2) is 6.04 Å². The fraction of sp³-hybridized carbons (Fsp3) is 0.222. The zero-order valence-corrected chi connectivity index (χ0v) is 12.5. The van der Waals surface area contributed by atoms with Crippen LogP contribution in [0.25, 0.3) is 0 Å². The molecule has 5 nitrogen and oxygen atoms in total. The third-order valence-electron chi connectivity index (χ3n) is 4.06. The minimum Gasteiger partial charge on any atom is -0.479 e. The van der Waals surface area contributed by atoms with Gasteiger partial charge in [-0.05, 0) is 23.1 Å². The maximum Gasteiger partial charge on any atom is 0.330 e. The number of hydrogen-bond acceptors (Lipinski definition) is 3. The lowest BCUT2D eigenvalue weighted by Gasteiger charge is -2.26. The van der Waals surface area contributed by atoms with Gasteiger partial charge in [-0.2, -0.15) is 0 Å². The van der Waals surface area contributed by atoms with E-state index in [2.05, 4.69) is 10.6 Å². The molecule has 118 valence electrons. The highest BCUT2D eigenvalue weighted by Crippen LogP contribution is 2.18. The lowest BCUT2D eigenvalue weighted by Crippen LogP contribution is -2.49. The summed E-state index contributed by atoms with van der Waals surface area (Å²) in [7, 11) is 0. The molecule has 3 N–H and O–H groups in total. The molecule has 0 spiro atoms. The minimum absolute atomic E-state index is 0.296. The Morgan fingerprint density at radius 2 is 1.70 bits per heavy atom.